The van der Waals surface area contributed by atoms with Crippen LogP contribution in [0.25, 0.3) is 0 Å². The monoisotopic (exact) mass is 492 g/mol. The Morgan fingerprint density at radius 1 is 1.04 bits per heavy atom. The quantitative estimate of drug-likeness (QED) is 0.395. The van der Waals surface area contributed by atoms with Crippen LogP contribution in [0.2, 0.25) is 0 Å². The number of nitrogens with one attached hydrogen (secondary N) is 1. The Bertz CT molecular complexity index is 755. The molecule has 1 aromatic heterocycles. The van der Waals surface area contributed by atoms with Crippen LogP contribution in [-0.4, -0.2) is 60.1 Å². The van der Waals surface area contributed by atoms with Crippen molar-refractivity contribution in [2.45, 2.75) is 25.2 Å². The fourth-order valence-corrected chi connectivity index (χ4v) is 3.71. The van der Waals surface area contributed by atoms with E-state index < -0.39 is 0 Å². The molecule has 0 spiro atoms. The number of piperazine rings is 1. The third-order valence-electron chi connectivity index (χ3n) is 5.52. The number of halogens is 1. The molecule has 1 aliphatic heterocycles. The molecule has 1 N–H and O–H groups in total. The van der Waals surface area contributed by atoms with Gasteiger partial charge in [-0.15, -0.1) is 24.0 Å². The maximum Gasteiger partial charge on any atom is 0.225 e. The molecule has 0 radical (unpaired) electrons. The Morgan fingerprint density at radius 2 is 1.71 bits per heavy atom. The maximum absolute atomic E-state index is 5.03. The van der Waals surface area contributed by atoms with Crippen LogP contribution in [0.5, 0.6) is 0 Å². The molecule has 1 saturated carbocycles. The van der Waals surface area contributed by atoms with Crippen LogP contribution in [0.15, 0.2) is 53.8 Å². The van der Waals surface area contributed by atoms with E-state index in [2.05, 4.69) is 62.3 Å². The van der Waals surface area contributed by atoms with Gasteiger partial charge in [-0.25, -0.2) is 9.97 Å². The van der Waals surface area contributed by atoms with E-state index in [1.807, 2.05) is 6.07 Å². The van der Waals surface area contributed by atoms with Crippen molar-refractivity contribution in [1.82, 2.24) is 20.2 Å². The van der Waals surface area contributed by atoms with Crippen LogP contribution >= 0.6 is 24.0 Å². The number of hydrogen-bond donors (Lipinski definition) is 1. The van der Waals surface area contributed by atoms with Gasteiger partial charge >= 0.3 is 0 Å². The lowest BCUT2D eigenvalue weighted by atomic mass is 9.96. The van der Waals surface area contributed by atoms with Gasteiger partial charge < -0.3 is 15.1 Å². The summed E-state index contributed by atoms with van der Waals surface area (Å²) in [6, 6.07) is 12.7. The Kier molecular flexibility index (Phi) is 7.09. The molecule has 0 unspecified atom stereocenters. The minimum atomic E-state index is 0. The molecular formula is C21H29IN6. The lowest BCUT2D eigenvalue weighted by molar-refractivity contribution is 0.369. The summed E-state index contributed by atoms with van der Waals surface area (Å²) < 4.78 is 0. The zero-order valence-corrected chi connectivity index (χ0v) is 18.8. The molecule has 6 nitrogen and oxygen atoms in total. The molecule has 1 aromatic carbocycles. The van der Waals surface area contributed by atoms with Gasteiger partial charge in [-0.2, -0.15) is 0 Å². The van der Waals surface area contributed by atoms with Gasteiger partial charge in [-0.3, -0.25) is 4.99 Å². The predicted octanol–water partition coefficient (Wildman–Crippen LogP) is 2.91. The number of aliphatic imine (C=N–C) groups is 1. The lowest BCUT2D eigenvalue weighted by Crippen LogP contribution is -2.53. The average molecular weight is 492 g/mol. The van der Waals surface area contributed by atoms with Crippen LogP contribution in [0.4, 0.5) is 5.95 Å². The van der Waals surface area contributed by atoms with Crippen molar-refractivity contribution in [1.29, 1.82) is 0 Å². The second kappa shape index (κ2) is 9.54. The smallest absolute Gasteiger partial charge is 0.225 e. The van der Waals surface area contributed by atoms with Crippen molar-refractivity contribution in [3.63, 3.8) is 0 Å². The topological polar surface area (TPSA) is 56.7 Å². The van der Waals surface area contributed by atoms with Crippen molar-refractivity contribution in [2.24, 2.45) is 4.99 Å². The highest BCUT2D eigenvalue weighted by Gasteiger charge is 2.44. The largest absolute Gasteiger partial charge is 0.357 e. The molecule has 2 heterocycles. The van der Waals surface area contributed by atoms with E-state index in [0.717, 1.165) is 51.2 Å². The van der Waals surface area contributed by atoms with Gasteiger partial charge in [0, 0.05) is 50.5 Å². The first-order valence-corrected chi connectivity index (χ1v) is 9.91. The highest BCUT2D eigenvalue weighted by atomic mass is 127. The Hall–Kier alpha value is -1.90. The van der Waals surface area contributed by atoms with E-state index in [4.69, 9.17) is 4.99 Å². The second-order valence-corrected chi connectivity index (χ2v) is 7.34. The molecule has 1 saturated heterocycles. The molecule has 7 heteroatoms. The first-order chi connectivity index (χ1) is 13.3. The summed E-state index contributed by atoms with van der Waals surface area (Å²) in [6.45, 7) is 7.58. The third kappa shape index (κ3) is 4.74. The maximum atomic E-state index is 5.03. The molecule has 150 valence electrons. The molecule has 0 bridgehead atoms. The highest BCUT2D eigenvalue weighted by molar-refractivity contribution is 14.0. The second-order valence-electron chi connectivity index (χ2n) is 7.34. The van der Waals surface area contributed by atoms with E-state index >= 15 is 0 Å². The summed E-state index contributed by atoms with van der Waals surface area (Å²) in [7, 11) is 0. The number of aromatic nitrogens is 2. The summed E-state index contributed by atoms with van der Waals surface area (Å²) in [5.41, 5.74) is 1.68. The van der Waals surface area contributed by atoms with Crippen molar-refractivity contribution >= 4 is 35.9 Å². The van der Waals surface area contributed by atoms with Gasteiger partial charge in [0.2, 0.25) is 5.95 Å². The van der Waals surface area contributed by atoms with Crippen LogP contribution in [0.1, 0.15) is 25.3 Å². The molecule has 2 aliphatic rings. The zero-order valence-electron chi connectivity index (χ0n) is 16.4. The fraction of sp³-hybridized carbons (Fsp3) is 0.476. The predicted molar refractivity (Wildman–Crippen MR) is 125 cm³/mol. The molecule has 2 aromatic rings. The van der Waals surface area contributed by atoms with Gasteiger partial charge in [0.25, 0.3) is 0 Å². The van der Waals surface area contributed by atoms with Crippen molar-refractivity contribution in [2.75, 3.05) is 44.2 Å². The fourth-order valence-electron chi connectivity index (χ4n) is 3.71. The summed E-state index contributed by atoms with van der Waals surface area (Å²) in [6.07, 6.45) is 6.08. The number of nitrogens with zero attached hydrogens (tertiary/aromatic N) is 5. The van der Waals surface area contributed by atoms with Gasteiger partial charge in [0.05, 0.1) is 6.54 Å². The SMILES string of the molecule is CCNC(=NCC1(c2ccccc2)CC1)N1CCN(c2ncccn2)CC1.I. The number of anilines is 1. The minimum Gasteiger partial charge on any atom is -0.357 e. The van der Waals surface area contributed by atoms with Crippen molar-refractivity contribution in [3.05, 3.63) is 54.4 Å². The van der Waals surface area contributed by atoms with Crippen LogP contribution in [-0.2, 0) is 5.41 Å². The van der Waals surface area contributed by atoms with Crippen LogP contribution < -0.4 is 10.2 Å². The van der Waals surface area contributed by atoms with Gasteiger partial charge in [0.15, 0.2) is 5.96 Å². The molecule has 28 heavy (non-hydrogen) atoms. The first-order valence-electron chi connectivity index (χ1n) is 9.91. The molecule has 1 aliphatic carbocycles. The number of benzene rings is 1. The van der Waals surface area contributed by atoms with E-state index in [0.29, 0.717) is 0 Å². The van der Waals surface area contributed by atoms with E-state index in [9.17, 15) is 0 Å². The lowest BCUT2D eigenvalue weighted by Gasteiger charge is -2.36. The Labute approximate surface area is 184 Å². The third-order valence-corrected chi connectivity index (χ3v) is 5.52. The standard InChI is InChI=1S/C21H28N6.HI/c1-2-22-19(25-17-21(9-10-21)18-7-4-3-5-8-18)26-13-15-27(16-14-26)20-23-11-6-12-24-20;/h3-8,11-12H,2,9-10,13-17H2,1H3,(H,22,25);1H. The van der Waals surface area contributed by atoms with E-state index in [-0.39, 0.29) is 29.4 Å². The Morgan fingerprint density at radius 3 is 2.32 bits per heavy atom. The summed E-state index contributed by atoms with van der Waals surface area (Å²) in [5, 5.41) is 3.48. The molecule has 4 rings (SSSR count). The number of hydrogen-bond acceptors (Lipinski definition) is 4. The van der Waals surface area contributed by atoms with Gasteiger partial charge in [-0.1, -0.05) is 30.3 Å². The number of rotatable bonds is 5. The summed E-state index contributed by atoms with van der Waals surface area (Å²) in [5.74, 6) is 1.86. The first kappa shape index (κ1) is 20.8. The highest BCUT2D eigenvalue weighted by Crippen LogP contribution is 2.48. The van der Waals surface area contributed by atoms with Crippen LogP contribution in [0.3, 0.4) is 0 Å². The van der Waals surface area contributed by atoms with E-state index in [1.54, 1.807) is 12.4 Å². The van der Waals surface area contributed by atoms with E-state index in [1.165, 1.54) is 18.4 Å². The zero-order chi connectivity index (χ0) is 18.5. The molecule has 0 atom stereocenters. The summed E-state index contributed by atoms with van der Waals surface area (Å²) in [4.78, 5) is 18.4. The summed E-state index contributed by atoms with van der Waals surface area (Å²) >= 11 is 0. The minimum absolute atomic E-state index is 0. The molecule has 2 fully saturated rings. The number of guanidine groups is 1. The van der Waals surface area contributed by atoms with Crippen molar-refractivity contribution in [3.8, 4) is 0 Å². The van der Waals surface area contributed by atoms with Gasteiger partial charge in [0.1, 0.15) is 0 Å². The van der Waals surface area contributed by atoms with Crippen LogP contribution in [0, 0.1) is 0 Å². The molecular weight excluding hydrogens is 463 g/mol. The average Bonchev–Trinajstić information content (AvgIpc) is 3.54. The normalized spacial score (nSPS) is 18.4. The molecule has 0 amide bonds. The van der Waals surface area contributed by atoms with Crippen molar-refractivity contribution < 1.29 is 0 Å². The Balaban J connectivity index is 0.00000225. The van der Waals surface area contributed by atoms with Gasteiger partial charge in [-0.05, 0) is 31.4 Å².